The second-order valence-corrected chi connectivity index (χ2v) is 16.7. The molecule has 0 fully saturated rings. The van der Waals surface area contributed by atoms with Gasteiger partial charge < -0.3 is 14.2 Å². The van der Waals surface area contributed by atoms with Gasteiger partial charge >= 0.3 is 11.9 Å². The summed E-state index contributed by atoms with van der Waals surface area (Å²) < 4.78 is 17.3. The number of rotatable bonds is 46. The Balaban J connectivity index is 4.41. The maximum Gasteiger partial charge on any atom is 0.306 e. The van der Waals surface area contributed by atoms with E-state index in [0.717, 1.165) is 103 Å². The molecule has 0 rings (SSSR count). The van der Waals surface area contributed by atoms with Gasteiger partial charge in [0.15, 0.2) is 6.10 Å². The van der Waals surface area contributed by atoms with Crippen molar-refractivity contribution < 1.29 is 23.8 Å². The first-order valence-corrected chi connectivity index (χ1v) is 26.1. The first-order chi connectivity index (χ1) is 31.6. The Morgan fingerprint density at radius 3 is 1.19 bits per heavy atom. The van der Waals surface area contributed by atoms with Crippen molar-refractivity contribution in [3.8, 4) is 0 Å². The van der Waals surface area contributed by atoms with E-state index in [1.165, 1.54) is 70.6 Å². The Hall–Kier alpha value is -3.70. The van der Waals surface area contributed by atoms with Gasteiger partial charge in [-0.3, -0.25) is 9.59 Å². The Morgan fingerprint density at radius 1 is 0.359 bits per heavy atom. The monoisotopic (exact) mass is 885 g/mol. The Labute approximate surface area is 395 Å². The number of ether oxygens (including phenoxy) is 3. The maximum atomic E-state index is 12.8. The highest BCUT2D eigenvalue weighted by atomic mass is 16.6. The number of hydrogen-bond acceptors (Lipinski definition) is 5. The molecule has 1 unspecified atom stereocenters. The third-order valence-corrected chi connectivity index (χ3v) is 10.5. The van der Waals surface area contributed by atoms with Crippen LogP contribution < -0.4 is 0 Å². The second kappa shape index (κ2) is 53.6. The van der Waals surface area contributed by atoms with Crippen molar-refractivity contribution in [2.45, 2.75) is 219 Å². The molecule has 0 spiro atoms. The van der Waals surface area contributed by atoms with Crippen LogP contribution in [0, 0.1) is 0 Å². The lowest BCUT2D eigenvalue weighted by molar-refractivity contribution is -0.162. The summed E-state index contributed by atoms with van der Waals surface area (Å²) in [6.07, 6.45) is 75.1. The SMILES string of the molecule is CC/C=C\C/C=C\C/C=C\C/C=C\CCCCCCC(=O)OCC(COCCCCCCCCCC/C=C\C/C=C\CCCCC)OC(=O)CC/C=C\C/C=C\C/C=C\C/C=C\CC. The van der Waals surface area contributed by atoms with Crippen LogP contribution in [0.1, 0.15) is 213 Å². The smallest absolute Gasteiger partial charge is 0.306 e. The molecule has 0 saturated heterocycles. The van der Waals surface area contributed by atoms with Crippen LogP contribution in [0.2, 0.25) is 0 Å². The minimum absolute atomic E-state index is 0.0341. The van der Waals surface area contributed by atoms with Crippen LogP contribution in [0.25, 0.3) is 0 Å². The average molecular weight is 885 g/mol. The molecule has 0 aromatic heterocycles. The summed E-state index contributed by atoms with van der Waals surface area (Å²) in [6.45, 7) is 7.44. The first kappa shape index (κ1) is 60.3. The standard InChI is InChI=1S/C59H96O5/c1-4-7-10-13-16-19-22-25-27-29-31-33-36-39-42-45-48-51-54-62-55-57(64-59(61)53-50-47-44-41-38-34-24-21-18-15-12-9-6-3)56-63-58(60)52-49-46-43-40-37-35-32-30-28-26-23-20-17-14-11-8-5-2/h8-9,11-12,16-21,25-28,32,34-35,38,44,47,57H,4-7,10,13-15,22-24,29-31,33,36-37,39-43,45-46,48-56H2,1-3H3/b11-8-,12-9-,19-16-,20-17-,21-18-,27-25-,28-26-,35-32-,38-34-,47-44-. The van der Waals surface area contributed by atoms with E-state index in [9.17, 15) is 9.59 Å². The zero-order valence-corrected chi connectivity index (χ0v) is 41.5. The number of carbonyl (C=O) groups excluding carboxylic acids is 2. The van der Waals surface area contributed by atoms with E-state index in [-0.39, 0.29) is 31.6 Å². The van der Waals surface area contributed by atoms with Gasteiger partial charge in [-0.1, -0.05) is 206 Å². The summed E-state index contributed by atoms with van der Waals surface area (Å²) in [5, 5.41) is 0. The topological polar surface area (TPSA) is 61.8 Å². The summed E-state index contributed by atoms with van der Waals surface area (Å²) in [5.74, 6) is -0.529. The van der Waals surface area contributed by atoms with Crippen molar-refractivity contribution in [3.63, 3.8) is 0 Å². The fourth-order valence-electron chi connectivity index (χ4n) is 6.66. The van der Waals surface area contributed by atoms with Crippen molar-refractivity contribution in [1.82, 2.24) is 0 Å². The quantitative estimate of drug-likeness (QED) is 0.0346. The third-order valence-electron chi connectivity index (χ3n) is 10.5. The molecule has 64 heavy (non-hydrogen) atoms. The number of esters is 2. The van der Waals surface area contributed by atoms with Crippen LogP contribution in [0.4, 0.5) is 0 Å². The highest BCUT2D eigenvalue weighted by Crippen LogP contribution is 2.12. The first-order valence-electron chi connectivity index (χ1n) is 26.1. The molecule has 0 bridgehead atoms. The Morgan fingerprint density at radius 2 is 0.734 bits per heavy atom. The van der Waals surface area contributed by atoms with Crippen molar-refractivity contribution in [3.05, 3.63) is 122 Å². The maximum absolute atomic E-state index is 12.8. The van der Waals surface area contributed by atoms with E-state index in [4.69, 9.17) is 14.2 Å². The molecule has 1 atom stereocenters. The lowest BCUT2D eigenvalue weighted by Gasteiger charge is -2.18. The fraction of sp³-hybridized carbons (Fsp3) is 0.627. The van der Waals surface area contributed by atoms with E-state index in [1.807, 2.05) is 6.08 Å². The van der Waals surface area contributed by atoms with Gasteiger partial charge in [0.05, 0.1) is 6.61 Å². The zero-order valence-electron chi connectivity index (χ0n) is 41.5. The molecular weight excluding hydrogens is 789 g/mol. The van der Waals surface area contributed by atoms with Gasteiger partial charge in [0.2, 0.25) is 0 Å². The van der Waals surface area contributed by atoms with E-state index >= 15 is 0 Å². The molecule has 5 nitrogen and oxygen atoms in total. The average Bonchev–Trinajstić information content (AvgIpc) is 3.30. The predicted octanol–water partition coefficient (Wildman–Crippen LogP) is 17.8. The molecule has 0 aliphatic rings. The van der Waals surface area contributed by atoms with Crippen molar-refractivity contribution in [1.29, 1.82) is 0 Å². The molecule has 0 aromatic rings. The van der Waals surface area contributed by atoms with E-state index in [0.29, 0.717) is 19.4 Å². The van der Waals surface area contributed by atoms with Crippen LogP contribution in [-0.2, 0) is 23.8 Å². The summed E-state index contributed by atoms with van der Waals surface area (Å²) in [4.78, 5) is 25.4. The predicted molar refractivity (Wildman–Crippen MR) is 279 cm³/mol. The lowest BCUT2D eigenvalue weighted by Crippen LogP contribution is -2.30. The molecule has 0 aliphatic carbocycles. The molecule has 0 amide bonds. The van der Waals surface area contributed by atoms with Crippen LogP contribution in [0.5, 0.6) is 0 Å². The summed E-state index contributed by atoms with van der Waals surface area (Å²) in [7, 11) is 0. The Kier molecular flexibility index (Phi) is 50.5. The number of unbranched alkanes of at least 4 members (excludes halogenated alkanes) is 15. The van der Waals surface area contributed by atoms with Crippen LogP contribution in [0.15, 0.2) is 122 Å². The van der Waals surface area contributed by atoms with Gasteiger partial charge in [-0.2, -0.15) is 0 Å². The minimum Gasteiger partial charge on any atom is -0.462 e. The van der Waals surface area contributed by atoms with Crippen LogP contribution >= 0.6 is 0 Å². The van der Waals surface area contributed by atoms with E-state index in [1.54, 1.807) is 0 Å². The Bertz CT molecular complexity index is 1320. The van der Waals surface area contributed by atoms with Crippen molar-refractivity contribution in [2.24, 2.45) is 0 Å². The minimum atomic E-state index is -0.596. The van der Waals surface area contributed by atoms with E-state index in [2.05, 4.69) is 136 Å². The van der Waals surface area contributed by atoms with Crippen molar-refractivity contribution >= 4 is 11.9 Å². The van der Waals surface area contributed by atoms with Crippen LogP contribution in [-0.4, -0.2) is 37.9 Å². The number of allylic oxidation sites excluding steroid dienone is 20. The highest BCUT2D eigenvalue weighted by molar-refractivity contribution is 5.70. The third kappa shape index (κ3) is 50.9. The van der Waals surface area contributed by atoms with Gasteiger partial charge in [0.25, 0.3) is 0 Å². The number of hydrogen-bond donors (Lipinski definition) is 0. The molecule has 0 N–H and O–H groups in total. The lowest BCUT2D eigenvalue weighted by atomic mass is 10.1. The summed E-state index contributed by atoms with van der Waals surface area (Å²) in [5.41, 5.74) is 0. The molecule has 0 heterocycles. The molecule has 362 valence electrons. The molecule has 0 radical (unpaired) electrons. The normalized spacial score (nSPS) is 13.2. The molecule has 0 aromatic carbocycles. The van der Waals surface area contributed by atoms with Crippen LogP contribution in [0.3, 0.4) is 0 Å². The summed E-state index contributed by atoms with van der Waals surface area (Å²) >= 11 is 0. The van der Waals surface area contributed by atoms with Gasteiger partial charge in [-0.05, 0) is 116 Å². The number of carbonyl (C=O) groups is 2. The highest BCUT2D eigenvalue weighted by Gasteiger charge is 2.17. The van der Waals surface area contributed by atoms with E-state index < -0.39 is 6.10 Å². The van der Waals surface area contributed by atoms with Gasteiger partial charge in [-0.15, -0.1) is 0 Å². The molecule has 5 heteroatoms. The second-order valence-electron chi connectivity index (χ2n) is 16.7. The van der Waals surface area contributed by atoms with Gasteiger partial charge in [-0.25, -0.2) is 0 Å². The fourth-order valence-corrected chi connectivity index (χ4v) is 6.66. The molecular formula is C59H96O5. The van der Waals surface area contributed by atoms with Gasteiger partial charge in [0.1, 0.15) is 6.61 Å². The zero-order chi connectivity index (χ0) is 46.3. The van der Waals surface area contributed by atoms with Gasteiger partial charge in [0, 0.05) is 19.4 Å². The molecule has 0 aliphatic heterocycles. The largest absolute Gasteiger partial charge is 0.462 e. The molecule has 0 saturated carbocycles. The summed E-state index contributed by atoms with van der Waals surface area (Å²) in [6, 6.07) is 0. The van der Waals surface area contributed by atoms with Crippen molar-refractivity contribution in [2.75, 3.05) is 19.8 Å².